The van der Waals surface area contributed by atoms with Crippen LogP contribution in [0, 0.1) is 10.1 Å². The van der Waals surface area contributed by atoms with Gasteiger partial charge in [-0.1, -0.05) is 69.4 Å². The minimum Gasteiger partial charge on any atom is -0.476 e. The molecule has 1 N–H and O–H groups in total. The Morgan fingerprint density at radius 3 is 2.24 bits per heavy atom. The zero-order valence-corrected chi connectivity index (χ0v) is 12.5. The highest BCUT2D eigenvalue weighted by Crippen LogP contribution is 2.31. The second kappa shape index (κ2) is 8.39. The molecule has 0 spiro atoms. The van der Waals surface area contributed by atoms with Gasteiger partial charge in [-0.3, -0.25) is 10.1 Å². The highest BCUT2D eigenvalue weighted by atomic mass is 16.6. The number of benzene rings is 1. The first kappa shape index (κ1) is 17.1. The van der Waals surface area contributed by atoms with E-state index in [2.05, 4.69) is 6.92 Å². The fourth-order valence-corrected chi connectivity index (χ4v) is 2.52. The van der Waals surface area contributed by atoms with E-state index in [1.54, 1.807) is 18.2 Å². The van der Waals surface area contributed by atoms with Crippen LogP contribution in [-0.4, -0.2) is 16.0 Å². The van der Waals surface area contributed by atoms with E-state index in [-0.39, 0.29) is 12.0 Å². The van der Waals surface area contributed by atoms with Crippen molar-refractivity contribution in [1.82, 2.24) is 0 Å². The molecule has 0 aliphatic heterocycles. The van der Waals surface area contributed by atoms with Crippen molar-refractivity contribution in [1.29, 1.82) is 0 Å². The van der Waals surface area contributed by atoms with Crippen LogP contribution in [0.1, 0.15) is 57.4 Å². The maximum atomic E-state index is 11.6. The van der Waals surface area contributed by atoms with E-state index >= 15 is 0 Å². The van der Waals surface area contributed by atoms with Crippen molar-refractivity contribution in [3.8, 4) is 0 Å². The summed E-state index contributed by atoms with van der Waals surface area (Å²) < 4.78 is 0. The smallest absolute Gasteiger partial charge is 0.387 e. The summed E-state index contributed by atoms with van der Waals surface area (Å²) in [5.74, 6) is -1.38. The number of unbranched alkanes of at least 4 members (excludes halogenated alkanes) is 5. The van der Waals surface area contributed by atoms with E-state index in [4.69, 9.17) is 0 Å². The minimum atomic E-state index is -2.02. The van der Waals surface area contributed by atoms with Gasteiger partial charge in [0.05, 0.1) is 0 Å². The van der Waals surface area contributed by atoms with Crippen molar-refractivity contribution in [3.05, 3.63) is 46.0 Å². The zero-order chi connectivity index (χ0) is 15.7. The SMILES string of the molecule is CCCCCCCCC(C(=O)O)(c1ccccc1)[N+](=O)[O-]. The Bertz CT molecular complexity index is 445. The van der Waals surface area contributed by atoms with Crippen LogP contribution in [0.2, 0.25) is 0 Å². The summed E-state index contributed by atoms with van der Waals surface area (Å²) >= 11 is 0. The highest BCUT2D eigenvalue weighted by Gasteiger charge is 2.52. The lowest BCUT2D eigenvalue weighted by Crippen LogP contribution is -2.43. The number of nitrogens with zero attached hydrogens (tertiary/aromatic N) is 1. The van der Waals surface area contributed by atoms with Gasteiger partial charge < -0.3 is 5.11 Å². The van der Waals surface area contributed by atoms with Gasteiger partial charge in [0.25, 0.3) is 0 Å². The fraction of sp³-hybridized carbons (Fsp3) is 0.562. The monoisotopic (exact) mass is 293 g/mol. The molecule has 5 heteroatoms. The lowest BCUT2D eigenvalue weighted by Gasteiger charge is -2.21. The molecule has 0 fully saturated rings. The van der Waals surface area contributed by atoms with Crippen molar-refractivity contribution < 1.29 is 14.8 Å². The first-order valence-corrected chi connectivity index (χ1v) is 7.49. The molecule has 0 saturated heterocycles. The number of carboxylic acid groups (broad SMARTS) is 1. The second-order valence-corrected chi connectivity index (χ2v) is 5.31. The molecule has 1 atom stereocenters. The van der Waals surface area contributed by atoms with Gasteiger partial charge in [-0.2, -0.15) is 0 Å². The van der Waals surface area contributed by atoms with Crippen molar-refractivity contribution in [3.63, 3.8) is 0 Å². The normalized spacial score (nSPS) is 13.6. The zero-order valence-electron chi connectivity index (χ0n) is 12.5. The molecular formula is C16H23NO4. The van der Waals surface area contributed by atoms with E-state index < -0.39 is 16.4 Å². The predicted molar refractivity (Wildman–Crippen MR) is 80.7 cm³/mol. The van der Waals surface area contributed by atoms with Gasteiger partial charge in [0.2, 0.25) is 0 Å². The Morgan fingerprint density at radius 2 is 1.71 bits per heavy atom. The average molecular weight is 293 g/mol. The molecule has 0 bridgehead atoms. The van der Waals surface area contributed by atoms with Gasteiger partial charge in [-0.15, -0.1) is 0 Å². The van der Waals surface area contributed by atoms with E-state index in [1.165, 1.54) is 12.1 Å². The molecule has 1 rings (SSSR count). The minimum absolute atomic E-state index is 0.0332. The molecule has 5 nitrogen and oxygen atoms in total. The Balaban J connectivity index is 2.79. The van der Waals surface area contributed by atoms with Crippen molar-refractivity contribution >= 4 is 5.97 Å². The van der Waals surface area contributed by atoms with E-state index in [0.29, 0.717) is 6.42 Å². The standard InChI is InChI=1S/C16H23NO4/c1-2-3-4-5-6-10-13-16(15(18)19,17(20)21)14-11-8-7-9-12-14/h7-9,11-12H,2-6,10,13H2,1H3,(H,18,19). The van der Waals surface area contributed by atoms with Gasteiger partial charge >= 0.3 is 11.5 Å². The van der Waals surface area contributed by atoms with Crippen LogP contribution in [0.3, 0.4) is 0 Å². The number of nitro groups is 1. The maximum Gasteiger partial charge on any atom is 0.387 e. The van der Waals surface area contributed by atoms with Gasteiger partial charge in [-0.05, 0) is 6.42 Å². The van der Waals surface area contributed by atoms with Crippen LogP contribution in [0.15, 0.2) is 30.3 Å². The Labute approximate surface area is 125 Å². The van der Waals surface area contributed by atoms with E-state index in [1.807, 2.05) is 0 Å². The number of carboxylic acids is 1. The Morgan fingerprint density at radius 1 is 1.14 bits per heavy atom. The summed E-state index contributed by atoms with van der Waals surface area (Å²) in [7, 11) is 0. The molecule has 21 heavy (non-hydrogen) atoms. The third-order valence-electron chi connectivity index (χ3n) is 3.81. The molecule has 0 radical (unpaired) electrons. The molecule has 1 aromatic rings. The first-order valence-electron chi connectivity index (χ1n) is 7.49. The largest absolute Gasteiger partial charge is 0.476 e. The average Bonchev–Trinajstić information content (AvgIpc) is 2.47. The van der Waals surface area contributed by atoms with Crippen LogP contribution in [0.25, 0.3) is 0 Å². The van der Waals surface area contributed by atoms with E-state index in [0.717, 1.165) is 32.1 Å². The fourth-order valence-electron chi connectivity index (χ4n) is 2.52. The number of hydrogen-bond donors (Lipinski definition) is 1. The predicted octanol–water partition coefficient (Wildman–Crippen LogP) is 3.99. The van der Waals surface area contributed by atoms with Crippen molar-refractivity contribution in [2.24, 2.45) is 0 Å². The lowest BCUT2D eigenvalue weighted by atomic mass is 9.85. The van der Waals surface area contributed by atoms with Gasteiger partial charge in [-0.25, -0.2) is 4.79 Å². The summed E-state index contributed by atoms with van der Waals surface area (Å²) in [6.07, 6.45) is 5.79. The van der Waals surface area contributed by atoms with Crippen LogP contribution in [-0.2, 0) is 10.3 Å². The molecule has 0 amide bonds. The third kappa shape index (κ3) is 4.28. The lowest BCUT2D eigenvalue weighted by molar-refractivity contribution is -0.565. The van der Waals surface area contributed by atoms with Crippen LogP contribution in [0.5, 0.6) is 0 Å². The first-order chi connectivity index (χ1) is 10.1. The molecule has 0 saturated carbocycles. The summed E-state index contributed by atoms with van der Waals surface area (Å²) in [4.78, 5) is 22.4. The molecule has 0 heterocycles. The topological polar surface area (TPSA) is 80.4 Å². The van der Waals surface area contributed by atoms with Crippen LogP contribution < -0.4 is 0 Å². The summed E-state index contributed by atoms with van der Waals surface area (Å²) in [6.45, 7) is 2.12. The van der Waals surface area contributed by atoms with Crippen LogP contribution >= 0.6 is 0 Å². The van der Waals surface area contributed by atoms with Crippen LogP contribution in [0.4, 0.5) is 0 Å². The third-order valence-corrected chi connectivity index (χ3v) is 3.81. The molecule has 0 aliphatic rings. The van der Waals surface area contributed by atoms with Crippen molar-refractivity contribution in [2.45, 2.75) is 57.4 Å². The van der Waals surface area contributed by atoms with Gasteiger partial charge in [0, 0.05) is 16.9 Å². The van der Waals surface area contributed by atoms with Gasteiger partial charge in [0.1, 0.15) is 0 Å². The summed E-state index contributed by atoms with van der Waals surface area (Å²) in [5.41, 5.74) is -1.78. The second-order valence-electron chi connectivity index (χ2n) is 5.31. The maximum absolute atomic E-state index is 11.6. The number of hydrogen-bond acceptors (Lipinski definition) is 3. The molecule has 0 aromatic heterocycles. The quantitative estimate of drug-likeness (QED) is 0.402. The molecular weight excluding hydrogens is 270 g/mol. The summed E-state index contributed by atoms with van der Waals surface area (Å²) in [6, 6.07) is 8.04. The summed E-state index contributed by atoms with van der Waals surface area (Å²) in [5, 5.41) is 20.9. The van der Waals surface area contributed by atoms with E-state index in [9.17, 15) is 20.0 Å². The number of carbonyl (C=O) groups is 1. The molecule has 116 valence electrons. The molecule has 1 aromatic carbocycles. The Hall–Kier alpha value is -1.91. The van der Waals surface area contributed by atoms with Gasteiger partial charge in [0.15, 0.2) is 0 Å². The highest BCUT2D eigenvalue weighted by molar-refractivity contribution is 5.79. The number of rotatable bonds is 10. The van der Waals surface area contributed by atoms with Crippen molar-refractivity contribution in [2.75, 3.05) is 0 Å². The molecule has 1 unspecified atom stereocenters. The molecule has 0 aliphatic carbocycles. The number of aliphatic carboxylic acids is 1. The Kier molecular flexibility index (Phi) is 6.85.